The van der Waals surface area contributed by atoms with Gasteiger partial charge in [-0.1, -0.05) is 13.8 Å². The van der Waals surface area contributed by atoms with E-state index in [-0.39, 0.29) is 6.10 Å². The fourth-order valence-corrected chi connectivity index (χ4v) is 0.911. The van der Waals surface area contributed by atoms with Gasteiger partial charge >= 0.3 is 0 Å². The molecule has 0 bridgehead atoms. The lowest BCUT2D eigenvalue weighted by Gasteiger charge is -2.10. The zero-order valence-corrected chi connectivity index (χ0v) is 8.80. The van der Waals surface area contributed by atoms with Gasteiger partial charge in [0.25, 0.3) is 0 Å². The lowest BCUT2D eigenvalue weighted by molar-refractivity contribution is 0.0169. The third kappa shape index (κ3) is 8.02. The van der Waals surface area contributed by atoms with Crippen LogP contribution in [0.1, 0.15) is 33.6 Å². The highest BCUT2D eigenvalue weighted by atomic mass is 16.5. The largest absolute Gasteiger partial charge is 0.379 e. The molecule has 0 spiro atoms. The second-order valence-electron chi connectivity index (χ2n) is 3.66. The van der Waals surface area contributed by atoms with E-state index in [2.05, 4.69) is 13.8 Å². The fourth-order valence-electron chi connectivity index (χ4n) is 0.911. The molecule has 0 aromatic rings. The van der Waals surface area contributed by atoms with Crippen molar-refractivity contribution in [2.24, 2.45) is 5.92 Å². The maximum atomic E-state index is 5.41. The molecule has 0 aliphatic rings. The SMILES string of the molecule is COC(C)COCCCC(C)C. The minimum atomic E-state index is 0.226. The predicted octanol–water partition coefficient (Wildman–Crippen LogP) is 2.47. The molecule has 74 valence electrons. The molecule has 0 aliphatic carbocycles. The van der Waals surface area contributed by atoms with Crippen molar-refractivity contribution in [3.05, 3.63) is 0 Å². The van der Waals surface area contributed by atoms with Crippen molar-refractivity contribution < 1.29 is 9.47 Å². The Hall–Kier alpha value is -0.0800. The Morgan fingerprint density at radius 2 is 1.83 bits per heavy atom. The van der Waals surface area contributed by atoms with E-state index < -0.39 is 0 Å². The summed E-state index contributed by atoms with van der Waals surface area (Å²) in [5.74, 6) is 0.786. The zero-order chi connectivity index (χ0) is 9.40. The lowest BCUT2D eigenvalue weighted by atomic mass is 10.1. The van der Waals surface area contributed by atoms with Gasteiger partial charge in [0.2, 0.25) is 0 Å². The van der Waals surface area contributed by atoms with Crippen LogP contribution in [0.5, 0.6) is 0 Å². The lowest BCUT2D eigenvalue weighted by Crippen LogP contribution is -2.14. The van der Waals surface area contributed by atoms with Gasteiger partial charge in [-0.25, -0.2) is 0 Å². The summed E-state index contributed by atoms with van der Waals surface area (Å²) < 4.78 is 10.5. The Morgan fingerprint density at radius 1 is 1.17 bits per heavy atom. The summed E-state index contributed by atoms with van der Waals surface area (Å²) >= 11 is 0. The minimum absolute atomic E-state index is 0.226. The Bertz CT molecular complexity index is 91.8. The van der Waals surface area contributed by atoms with Crippen molar-refractivity contribution in [1.29, 1.82) is 0 Å². The maximum absolute atomic E-state index is 5.41. The third-order valence-corrected chi connectivity index (χ3v) is 1.83. The first-order valence-electron chi connectivity index (χ1n) is 4.77. The topological polar surface area (TPSA) is 18.5 Å². The molecule has 1 unspecified atom stereocenters. The minimum Gasteiger partial charge on any atom is -0.379 e. The van der Waals surface area contributed by atoms with Crippen LogP contribution in [0, 0.1) is 5.92 Å². The molecule has 2 nitrogen and oxygen atoms in total. The molecule has 0 amide bonds. The van der Waals surface area contributed by atoms with Crippen molar-refractivity contribution in [2.45, 2.75) is 39.7 Å². The normalized spacial score (nSPS) is 13.8. The third-order valence-electron chi connectivity index (χ3n) is 1.83. The quantitative estimate of drug-likeness (QED) is 0.552. The van der Waals surface area contributed by atoms with E-state index in [1.807, 2.05) is 6.92 Å². The second kappa shape index (κ2) is 7.56. The van der Waals surface area contributed by atoms with Crippen LogP contribution in [-0.4, -0.2) is 26.4 Å². The summed E-state index contributed by atoms with van der Waals surface area (Å²) in [6, 6.07) is 0. The summed E-state index contributed by atoms with van der Waals surface area (Å²) in [4.78, 5) is 0. The molecule has 0 aromatic carbocycles. The molecule has 0 fully saturated rings. The Labute approximate surface area is 76.3 Å². The van der Waals surface area contributed by atoms with Gasteiger partial charge in [0.05, 0.1) is 12.7 Å². The molecule has 0 N–H and O–H groups in total. The standard InChI is InChI=1S/C10H22O2/c1-9(2)6-5-7-12-8-10(3)11-4/h9-10H,5-8H2,1-4H3. The van der Waals surface area contributed by atoms with Crippen molar-refractivity contribution in [2.75, 3.05) is 20.3 Å². The Kier molecular flexibility index (Phi) is 7.51. The first kappa shape index (κ1) is 11.9. The summed E-state index contributed by atoms with van der Waals surface area (Å²) in [6.07, 6.45) is 2.64. The van der Waals surface area contributed by atoms with Crippen LogP contribution >= 0.6 is 0 Å². The van der Waals surface area contributed by atoms with E-state index >= 15 is 0 Å². The van der Waals surface area contributed by atoms with Gasteiger partial charge in [-0.2, -0.15) is 0 Å². The molecule has 0 aliphatic heterocycles. The van der Waals surface area contributed by atoms with Crippen molar-refractivity contribution >= 4 is 0 Å². The van der Waals surface area contributed by atoms with E-state index in [9.17, 15) is 0 Å². The summed E-state index contributed by atoms with van der Waals surface area (Å²) in [5, 5.41) is 0. The van der Waals surface area contributed by atoms with E-state index in [1.165, 1.54) is 6.42 Å². The second-order valence-corrected chi connectivity index (χ2v) is 3.66. The number of hydrogen-bond donors (Lipinski definition) is 0. The average Bonchev–Trinajstić information content (AvgIpc) is 2.03. The van der Waals surface area contributed by atoms with Gasteiger partial charge < -0.3 is 9.47 Å². The molecule has 12 heavy (non-hydrogen) atoms. The van der Waals surface area contributed by atoms with Crippen molar-refractivity contribution in [3.8, 4) is 0 Å². The van der Waals surface area contributed by atoms with Crippen LogP contribution in [0.25, 0.3) is 0 Å². The molecule has 0 rings (SSSR count). The first-order valence-corrected chi connectivity index (χ1v) is 4.77. The molecule has 2 heteroatoms. The van der Waals surface area contributed by atoms with Gasteiger partial charge in [-0.05, 0) is 25.7 Å². The van der Waals surface area contributed by atoms with Crippen LogP contribution in [0.2, 0.25) is 0 Å². The number of ether oxygens (including phenoxy) is 2. The van der Waals surface area contributed by atoms with Crippen LogP contribution < -0.4 is 0 Å². The van der Waals surface area contributed by atoms with E-state index in [4.69, 9.17) is 9.47 Å². The number of hydrogen-bond acceptors (Lipinski definition) is 2. The molecule has 0 radical (unpaired) electrons. The zero-order valence-electron chi connectivity index (χ0n) is 8.80. The Morgan fingerprint density at radius 3 is 2.33 bits per heavy atom. The van der Waals surface area contributed by atoms with Crippen LogP contribution in [0.3, 0.4) is 0 Å². The van der Waals surface area contributed by atoms with E-state index in [1.54, 1.807) is 7.11 Å². The van der Waals surface area contributed by atoms with Crippen LogP contribution in [0.4, 0.5) is 0 Å². The number of methoxy groups -OCH3 is 1. The summed E-state index contributed by atoms with van der Waals surface area (Å²) in [6.45, 7) is 8.07. The van der Waals surface area contributed by atoms with Crippen molar-refractivity contribution in [3.63, 3.8) is 0 Å². The average molecular weight is 174 g/mol. The summed E-state index contributed by atoms with van der Waals surface area (Å²) in [7, 11) is 1.71. The summed E-state index contributed by atoms with van der Waals surface area (Å²) in [5.41, 5.74) is 0. The van der Waals surface area contributed by atoms with Gasteiger partial charge in [0.15, 0.2) is 0 Å². The maximum Gasteiger partial charge on any atom is 0.0776 e. The Balaban J connectivity index is 3.00. The molecular formula is C10H22O2. The molecular weight excluding hydrogens is 152 g/mol. The highest BCUT2D eigenvalue weighted by molar-refractivity contribution is 4.47. The van der Waals surface area contributed by atoms with Crippen LogP contribution in [0.15, 0.2) is 0 Å². The fraction of sp³-hybridized carbons (Fsp3) is 1.00. The molecule has 0 saturated heterocycles. The monoisotopic (exact) mass is 174 g/mol. The van der Waals surface area contributed by atoms with Gasteiger partial charge in [-0.15, -0.1) is 0 Å². The molecule has 0 heterocycles. The highest BCUT2D eigenvalue weighted by Crippen LogP contribution is 2.03. The van der Waals surface area contributed by atoms with Crippen LogP contribution in [-0.2, 0) is 9.47 Å². The smallest absolute Gasteiger partial charge is 0.0776 e. The molecule has 0 aromatic heterocycles. The molecule has 0 saturated carbocycles. The predicted molar refractivity (Wildman–Crippen MR) is 51.4 cm³/mol. The number of rotatable bonds is 7. The van der Waals surface area contributed by atoms with Gasteiger partial charge in [-0.3, -0.25) is 0 Å². The molecule has 1 atom stereocenters. The van der Waals surface area contributed by atoms with Crippen molar-refractivity contribution in [1.82, 2.24) is 0 Å². The first-order chi connectivity index (χ1) is 5.66. The van der Waals surface area contributed by atoms with E-state index in [0.717, 1.165) is 18.9 Å². The van der Waals surface area contributed by atoms with Gasteiger partial charge in [0, 0.05) is 13.7 Å². The highest BCUT2D eigenvalue weighted by Gasteiger charge is 1.98. The van der Waals surface area contributed by atoms with Gasteiger partial charge in [0.1, 0.15) is 0 Å². The van der Waals surface area contributed by atoms with E-state index in [0.29, 0.717) is 6.61 Å².